The Hall–Kier alpha value is -1.76. The molecule has 0 amide bonds. The average molecular weight is 364 g/mol. The normalized spacial score (nSPS) is 23.2. The van der Waals surface area contributed by atoms with Crippen LogP contribution < -0.4 is 0 Å². The van der Waals surface area contributed by atoms with E-state index in [-0.39, 0.29) is 10.4 Å². The van der Waals surface area contributed by atoms with Gasteiger partial charge in [0.25, 0.3) is 0 Å². The maximum Gasteiger partial charge on any atom is 0.170 e. The molecule has 3 heterocycles. The highest BCUT2D eigenvalue weighted by atomic mass is 35.5. The van der Waals surface area contributed by atoms with E-state index in [0.29, 0.717) is 19.8 Å². The lowest BCUT2D eigenvalue weighted by atomic mass is 9.80. The van der Waals surface area contributed by atoms with Gasteiger partial charge in [-0.2, -0.15) is 0 Å². The van der Waals surface area contributed by atoms with Gasteiger partial charge in [-0.15, -0.1) is 0 Å². The molecule has 1 fully saturated rings. The molecule has 2 aromatic rings. The third kappa shape index (κ3) is 2.99. The summed E-state index contributed by atoms with van der Waals surface area (Å²) in [6, 6.07) is 2.95. The lowest BCUT2D eigenvalue weighted by Gasteiger charge is -2.34. The summed E-state index contributed by atoms with van der Waals surface area (Å²) < 4.78 is 19.5. The highest BCUT2D eigenvalue weighted by Crippen LogP contribution is 2.39. The fourth-order valence-corrected chi connectivity index (χ4v) is 4.09. The molecule has 25 heavy (non-hydrogen) atoms. The van der Waals surface area contributed by atoms with Gasteiger partial charge in [0.2, 0.25) is 0 Å². The van der Waals surface area contributed by atoms with Gasteiger partial charge in [-0.1, -0.05) is 11.6 Å². The van der Waals surface area contributed by atoms with Crippen molar-refractivity contribution in [2.45, 2.75) is 31.9 Å². The average Bonchev–Trinajstić information content (AvgIpc) is 2.97. The van der Waals surface area contributed by atoms with Crippen molar-refractivity contribution in [3.05, 3.63) is 51.8 Å². The number of phenolic OH excluding ortho intramolecular Hbond substituents is 1. The molecule has 1 saturated heterocycles. The number of aromatic hydroxyl groups is 1. The summed E-state index contributed by atoms with van der Waals surface area (Å²) in [5.74, 6) is -0.415. The Balaban J connectivity index is 1.57. The summed E-state index contributed by atoms with van der Waals surface area (Å²) in [5.41, 5.74) is 2.75. The van der Waals surface area contributed by atoms with Gasteiger partial charge in [0, 0.05) is 24.8 Å². The largest absolute Gasteiger partial charge is 0.504 e. The summed E-state index contributed by atoms with van der Waals surface area (Å²) in [5, 5.41) is 9.51. The number of phenols is 1. The van der Waals surface area contributed by atoms with Gasteiger partial charge in [-0.25, -0.2) is 14.4 Å². The van der Waals surface area contributed by atoms with Gasteiger partial charge < -0.3 is 9.84 Å². The molecule has 1 atom stereocenters. The molecule has 1 spiro atoms. The fraction of sp³-hybridized carbons (Fsp3) is 0.444. The van der Waals surface area contributed by atoms with Gasteiger partial charge in [-0.05, 0) is 37.6 Å². The number of nitrogens with zero attached hydrogens (tertiary/aromatic N) is 3. The van der Waals surface area contributed by atoms with Gasteiger partial charge in [0.1, 0.15) is 5.82 Å². The van der Waals surface area contributed by atoms with Crippen LogP contribution >= 0.6 is 11.6 Å². The third-order valence-electron chi connectivity index (χ3n) is 5.04. The Bertz CT molecular complexity index is 809. The Morgan fingerprint density at radius 1 is 1.44 bits per heavy atom. The molecular formula is C18H19ClFN3O2. The van der Waals surface area contributed by atoms with E-state index >= 15 is 0 Å². The van der Waals surface area contributed by atoms with E-state index in [9.17, 15) is 9.50 Å². The number of aryl methyl sites for hydroxylation is 1. The van der Waals surface area contributed by atoms with Crippen LogP contribution in [0.15, 0.2) is 18.3 Å². The predicted octanol–water partition coefficient (Wildman–Crippen LogP) is 2.96. The first-order valence-electron chi connectivity index (χ1n) is 8.27. The molecule has 1 aromatic carbocycles. The minimum absolute atomic E-state index is 0.0404. The van der Waals surface area contributed by atoms with Crippen molar-refractivity contribution in [3.63, 3.8) is 0 Å². The molecular weight excluding hydrogens is 345 g/mol. The van der Waals surface area contributed by atoms with Crippen molar-refractivity contribution < 1.29 is 14.2 Å². The first-order chi connectivity index (χ1) is 12.0. The second-order valence-electron chi connectivity index (χ2n) is 6.93. The number of hydrogen-bond donors (Lipinski definition) is 1. The third-order valence-corrected chi connectivity index (χ3v) is 5.33. The smallest absolute Gasteiger partial charge is 0.170 e. The van der Waals surface area contributed by atoms with Crippen molar-refractivity contribution in [3.8, 4) is 5.75 Å². The molecule has 2 aliphatic rings. The van der Waals surface area contributed by atoms with Crippen molar-refractivity contribution >= 4 is 11.6 Å². The van der Waals surface area contributed by atoms with E-state index in [1.807, 2.05) is 13.1 Å². The van der Waals surface area contributed by atoms with Gasteiger partial charge in [0.15, 0.2) is 11.6 Å². The number of fused-ring (bicyclic) bond motifs is 2. The second-order valence-corrected chi connectivity index (χ2v) is 7.34. The van der Waals surface area contributed by atoms with Gasteiger partial charge >= 0.3 is 0 Å². The lowest BCUT2D eigenvalue weighted by molar-refractivity contribution is 0.0500. The van der Waals surface area contributed by atoms with Crippen LogP contribution in [0.25, 0.3) is 0 Å². The zero-order valence-electron chi connectivity index (χ0n) is 13.9. The van der Waals surface area contributed by atoms with Crippen molar-refractivity contribution in [1.29, 1.82) is 0 Å². The topological polar surface area (TPSA) is 58.5 Å². The van der Waals surface area contributed by atoms with E-state index in [1.165, 1.54) is 6.07 Å². The van der Waals surface area contributed by atoms with E-state index in [4.69, 9.17) is 21.3 Å². The Kier molecular flexibility index (Phi) is 4.14. The van der Waals surface area contributed by atoms with Crippen molar-refractivity contribution in [1.82, 2.24) is 14.9 Å². The highest BCUT2D eigenvalue weighted by molar-refractivity contribution is 6.32. The van der Waals surface area contributed by atoms with E-state index in [1.54, 1.807) is 6.07 Å². The van der Waals surface area contributed by atoms with E-state index in [0.717, 1.165) is 42.2 Å². The van der Waals surface area contributed by atoms with Crippen molar-refractivity contribution in [2.24, 2.45) is 0 Å². The Morgan fingerprint density at radius 3 is 3.08 bits per heavy atom. The highest BCUT2D eigenvalue weighted by Gasteiger charge is 2.44. The molecule has 0 bridgehead atoms. The number of rotatable bonds is 2. The first-order valence-corrected chi connectivity index (χ1v) is 8.65. The van der Waals surface area contributed by atoms with E-state index in [2.05, 4.69) is 9.88 Å². The molecule has 2 aliphatic heterocycles. The maximum atomic E-state index is 13.7. The Labute approximate surface area is 150 Å². The van der Waals surface area contributed by atoms with Gasteiger partial charge in [0.05, 0.1) is 29.3 Å². The Morgan fingerprint density at radius 2 is 2.28 bits per heavy atom. The quantitative estimate of drug-likeness (QED) is 0.889. The first kappa shape index (κ1) is 16.7. The summed E-state index contributed by atoms with van der Waals surface area (Å²) >= 11 is 5.89. The second kappa shape index (κ2) is 6.20. The minimum Gasteiger partial charge on any atom is -0.504 e. The molecule has 4 rings (SSSR count). The molecule has 0 radical (unpaired) electrons. The molecule has 5 nitrogen and oxygen atoms in total. The van der Waals surface area contributed by atoms with Crippen LogP contribution in [0.3, 0.4) is 0 Å². The number of halogens is 2. The summed E-state index contributed by atoms with van der Waals surface area (Å²) in [6.07, 6.45) is 2.79. The number of ether oxygens (including phenoxy) is 1. The molecule has 132 valence electrons. The van der Waals surface area contributed by atoms with Crippen LogP contribution in [-0.4, -0.2) is 39.7 Å². The zero-order chi connectivity index (χ0) is 17.6. The van der Waals surface area contributed by atoms with Crippen LogP contribution in [-0.2, 0) is 23.3 Å². The van der Waals surface area contributed by atoms with Gasteiger partial charge in [-0.3, -0.25) is 4.90 Å². The molecule has 1 N–H and O–H groups in total. The monoisotopic (exact) mass is 363 g/mol. The summed E-state index contributed by atoms with van der Waals surface area (Å²) in [6.45, 7) is 5.31. The number of benzene rings is 1. The SMILES string of the molecule is Cc1ncc2c(n1)[C@@]1(CCN(Cc3cc(F)c(O)c(Cl)c3)C1)COC2. The molecule has 0 aliphatic carbocycles. The predicted molar refractivity (Wildman–Crippen MR) is 91.1 cm³/mol. The van der Waals surface area contributed by atoms with Crippen LogP contribution in [0, 0.1) is 12.7 Å². The molecule has 0 unspecified atom stereocenters. The lowest BCUT2D eigenvalue weighted by Crippen LogP contribution is -2.40. The molecule has 1 aromatic heterocycles. The standard InChI is InChI=1S/C18H19ClFN3O2/c1-11-21-6-13-8-25-10-18(17(13)22-11)2-3-23(9-18)7-12-4-14(19)16(24)15(20)5-12/h4-6,24H,2-3,7-10H2,1H3/t18-/m1/s1. The van der Waals surface area contributed by atoms with Crippen LogP contribution in [0.1, 0.15) is 29.1 Å². The zero-order valence-corrected chi connectivity index (χ0v) is 14.7. The maximum absolute atomic E-state index is 13.7. The van der Waals surface area contributed by atoms with Crippen LogP contribution in [0.5, 0.6) is 5.75 Å². The fourth-order valence-electron chi connectivity index (χ4n) is 3.86. The van der Waals surface area contributed by atoms with Crippen LogP contribution in [0.4, 0.5) is 4.39 Å². The summed E-state index contributed by atoms with van der Waals surface area (Å²) in [7, 11) is 0. The molecule has 0 saturated carbocycles. The minimum atomic E-state index is -0.689. The summed E-state index contributed by atoms with van der Waals surface area (Å²) in [4.78, 5) is 11.2. The van der Waals surface area contributed by atoms with E-state index < -0.39 is 11.6 Å². The number of hydrogen-bond acceptors (Lipinski definition) is 5. The van der Waals surface area contributed by atoms with Crippen LogP contribution in [0.2, 0.25) is 5.02 Å². The van der Waals surface area contributed by atoms with Crippen molar-refractivity contribution in [2.75, 3.05) is 19.7 Å². The number of aromatic nitrogens is 2. The molecule has 7 heteroatoms. The number of likely N-dealkylation sites (tertiary alicyclic amines) is 1.